The second-order valence-electron chi connectivity index (χ2n) is 5.12. The SMILES string of the molecule is CC(Cl)c1nc2cnccc2n1CCOCC1CC1. The highest BCUT2D eigenvalue weighted by Gasteiger charge is 2.21. The number of hydrogen-bond donors (Lipinski definition) is 0. The van der Waals surface area contributed by atoms with Crippen molar-refractivity contribution in [2.45, 2.75) is 31.7 Å². The fourth-order valence-electron chi connectivity index (χ4n) is 2.23. The number of imidazole rings is 1. The van der Waals surface area contributed by atoms with Crippen LogP contribution >= 0.6 is 11.6 Å². The number of pyridine rings is 1. The zero-order valence-corrected chi connectivity index (χ0v) is 11.8. The van der Waals surface area contributed by atoms with Gasteiger partial charge in [0.05, 0.1) is 23.7 Å². The van der Waals surface area contributed by atoms with Gasteiger partial charge in [0.15, 0.2) is 0 Å². The smallest absolute Gasteiger partial charge is 0.127 e. The molecule has 3 rings (SSSR count). The molecule has 0 saturated heterocycles. The Morgan fingerprint density at radius 1 is 1.53 bits per heavy atom. The third-order valence-corrected chi connectivity index (χ3v) is 3.64. The lowest BCUT2D eigenvalue weighted by Crippen LogP contribution is -2.11. The van der Waals surface area contributed by atoms with Gasteiger partial charge in [0, 0.05) is 19.3 Å². The average molecular weight is 280 g/mol. The Labute approximate surface area is 117 Å². The fraction of sp³-hybridized carbons (Fsp3) is 0.571. The molecule has 1 saturated carbocycles. The molecule has 0 radical (unpaired) electrons. The Kier molecular flexibility index (Phi) is 3.71. The molecule has 2 aromatic heterocycles. The second kappa shape index (κ2) is 5.47. The van der Waals surface area contributed by atoms with E-state index in [0.717, 1.165) is 35.9 Å². The van der Waals surface area contributed by atoms with Crippen LogP contribution in [0.15, 0.2) is 18.5 Å². The number of hydrogen-bond acceptors (Lipinski definition) is 3. The van der Waals surface area contributed by atoms with Gasteiger partial charge in [0.25, 0.3) is 0 Å². The van der Waals surface area contributed by atoms with E-state index in [9.17, 15) is 0 Å². The predicted octanol–water partition coefficient (Wildman–Crippen LogP) is 3.16. The quantitative estimate of drug-likeness (QED) is 0.602. The van der Waals surface area contributed by atoms with Gasteiger partial charge in [-0.2, -0.15) is 0 Å². The van der Waals surface area contributed by atoms with Crippen LogP contribution in [0.5, 0.6) is 0 Å². The third-order valence-electron chi connectivity index (χ3n) is 3.45. The molecule has 0 spiro atoms. The number of alkyl halides is 1. The minimum absolute atomic E-state index is 0.115. The van der Waals surface area contributed by atoms with Crippen LogP contribution in [0.3, 0.4) is 0 Å². The molecule has 0 amide bonds. The standard InChI is InChI=1S/C14H18ClN3O/c1-10(15)14-17-12-8-16-5-4-13(12)18(14)6-7-19-9-11-2-3-11/h4-5,8,10-11H,2-3,6-7,9H2,1H3. The molecule has 1 aliphatic carbocycles. The number of ether oxygens (including phenoxy) is 1. The zero-order chi connectivity index (χ0) is 13.2. The summed E-state index contributed by atoms with van der Waals surface area (Å²) in [7, 11) is 0. The Bertz CT molecular complexity index is 563. The Morgan fingerprint density at radius 3 is 3.11 bits per heavy atom. The summed E-state index contributed by atoms with van der Waals surface area (Å²) in [5, 5.41) is -0.115. The van der Waals surface area contributed by atoms with E-state index in [-0.39, 0.29) is 5.38 Å². The molecule has 19 heavy (non-hydrogen) atoms. The maximum atomic E-state index is 6.21. The van der Waals surface area contributed by atoms with Crippen LogP contribution in [0.25, 0.3) is 11.0 Å². The molecule has 0 aromatic carbocycles. The van der Waals surface area contributed by atoms with E-state index in [2.05, 4.69) is 14.5 Å². The van der Waals surface area contributed by atoms with Crippen molar-refractivity contribution in [3.05, 3.63) is 24.3 Å². The van der Waals surface area contributed by atoms with Crippen LogP contribution < -0.4 is 0 Å². The molecular formula is C14H18ClN3O. The molecule has 2 heterocycles. The van der Waals surface area contributed by atoms with Gasteiger partial charge in [0.1, 0.15) is 11.3 Å². The van der Waals surface area contributed by atoms with Crippen molar-refractivity contribution in [1.82, 2.24) is 14.5 Å². The van der Waals surface area contributed by atoms with Crippen molar-refractivity contribution >= 4 is 22.6 Å². The maximum absolute atomic E-state index is 6.21. The minimum Gasteiger partial charge on any atom is -0.379 e. The van der Waals surface area contributed by atoms with Crippen molar-refractivity contribution in [3.8, 4) is 0 Å². The summed E-state index contributed by atoms with van der Waals surface area (Å²) in [6.07, 6.45) is 6.21. The monoisotopic (exact) mass is 279 g/mol. The predicted molar refractivity (Wildman–Crippen MR) is 75.3 cm³/mol. The molecule has 0 bridgehead atoms. The summed E-state index contributed by atoms with van der Waals surface area (Å²) < 4.78 is 7.85. The summed E-state index contributed by atoms with van der Waals surface area (Å²) >= 11 is 6.21. The van der Waals surface area contributed by atoms with Crippen molar-refractivity contribution < 1.29 is 4.74 Å². The summed E-state index contributed by atoms with van der Waals surface area (Å²) in [5.41, 5.74) is 1.97. The molecule has 4 nitrogen and oxygen atoms in total. The van der Waals surface area contributed by atoms with Gasteiger partial charge in [0.2, 0.25) is 0 Å². The highest BCUT2D eigenvalue weighted by atomic mass is 35.5. The Morgan fingerprint density at radius 2 is 2.37 bits per heavy atom. The first-order valence-electron chi connectivity index (χ1n) is 6.77. The van der Waals surface area contributed by atoms with E-state index in [1.54, 1.807) is 12.4 Å². The van der Waals surface area contributed by atoms with Crippen LogP contribution in [-0.2, 0) is 11.3 Å². The van der Waals surface area contributed by atoms with Gasteiger partial charge in [-0.3, -0.25) is 4.98 Å². The number of aromatic nitrogens is 3. The van der Waals surface area contributed by atoms with E-state index in [1.807, 2.05) is 13.0 Å². The summed E-state index contributed by atoms with van der Waals surface area (Å²) in [6.45, 7) is 4.33. The Balaban J connectivity index is 1.76. The van der Waals surface area contributed by atoms with Gasteiger partial charge in [-0.15, -0.1) is 11.6 Å². The normalized spacial score (nSPS) is 16.9. The highest BCUT2D eigenvalue weighted by molar-refractivity contribution is 6.20. The van der Waals surface area contributed by atoms with Crippen LogP contribution in [0.2, 0.25) is 0 Å². The molecule has 5 heteroatoms. The van der Waals surface area contributed by atoms with E-state index in [0.29, 0.717) is 6.61 Å². The molecular weight excluding hydrogens is 262 g/mol. The largest absolute Gasteiger partial charge is 0.379 e. The maximum Gasteiger partial charge on any atom is 0.127 e. The molecule has 0 N–H and O–H groups in total. The van der Waals surface area contributed by atoms with E-state index in [4.69, 9.17) is 16.3 Å². The summed E-state index contributed by atoms with van der Waals surface area (Å²) in [4.78, 5) is 8.66. The molecule has 1 fully saturated rings. The third kappa shape index (κ3) is 2.90. The van der Waals surface area contributed by atoms with Crippen molar-refractivity contribution in [2.24, 2.45) is 5.92 Å². The van der Waals surface area contributed by atoms with Gasteiger partial charge >= 0.3 is 0 Å². The van der Waals surface area contributed by atoms with Gasteiger partial charge in [-0.1, -0.05) is 0 Å². The van der Waals surface area contributed by atoms with Crippen LogP contribution in [-0.4, -0.2) is 27.7 Å². The Hall–Kier alpha value is -1.13. The van der Waals surface area contributed by atoms with Crippen LogP contribution in [0.4, 0.5) is 0 Å². The number of fused-ring (bicyclic) bond motifs is 1. The molecule has 1 unspecified atom stereocenters. The minimum atomic E-state index is -0.115. The lowest BCUT2D eigenvalue weighted by Gasteiger charge is -2.10. The van der Waals surface area contributed by atoms with Crippen molar-refractivity contribution in [3.63, 3.8) is 0 Å². The van der Waals surface area contributed by atoms with Gasteiger partial charge < -0.3 is 9.30 Å². The lowest BCUT2D eigenvalue weighted by molar-refractivity contribution is 0.117. The first-order valence-corrected chi connectivity index (χ1v) is 7.21. The van der Waals surface area contributed by atoms with E-state index < -0.39 is 0 Å². The molecule has 102 valence electrons. The summed E-state index contributed by atoms with van der Waals surface area (Å²) in [6, 6.07) is 1.98. The zero-order valence-electron chi connectivity index (χ0n) is 11.1. The van der Waals surface area contributed by atoms with E-state index >= 15 is 0 Å². The number of nitrogens with zero attached hydrogens (tertiary/aromatic N) is 3. The van der Waals surface area contributed by atoms with Gasteiger partial charge in [-0.25, -0.2) is 4.98 Å². The highest BCUT2D eigenvalue weighted by Crippen LogP contribution is 2.29. The topological polar surface area (TPSA) is 39.9 Å². The van der Waals surface area contributed by atoms with E-state index in [1.165, 1.54) is 12.8 Å². The number of halogens is 1. The molecule has 1 aliphatic rings. The molecule has 1 atom stereocenters. The second-order valence-corrected chi connectivity index (χ2v) is 5.77. The summed E-state index contributed by atoms with van der Waals surface area (Å²) in [5.74, 6) is 1.69. The van der Waals surface area contributed by atoms with Crippen LogP contribution in [0.1, 0.15) is 31.0 Å². The lowest BCUT2D eigenvalue weighted by atomic mass is 10.4. The first kappa shape index (κ1) is 12.9. The van der Waals surface area contributed by atoms with Crippen molar-refractivity contribution in [2.75, 3.05) is 13.2 Å². The van der Waals surface area contributed by atoms with Crippen molar-refractivity contribution in [1.29, 1.82) is 0 Å². The van der Waals surface area contributed by atoms with Crippen LogP contribution in [0, 0.1) is 5.92 Å². The molecule has 0 aliphatic heterocycles. The number of rotatable bonds is 6. The average Bonchev–Trinajstić information content (AvgIpc) is 3.15. The fourth-order valence-corrected chi connectivity index (χ4v) is 2.40. The first-order chi connectivity index (χ1) is 9.25. The molecule has 2 aromatic rings. The van der Waals surface area contributed by atoms with Gasteiger partial charge in [-0.05, 0) is 31.7 Å².